The summed E-state index contributed by atoms with van der Waals surface area (Å²) in [7, 11) is 0. The molecule has 2 bridgehead atoms. The minimum absolute atomic E-state index is 0.0348. The molecule has 1 aliphatic carbocycles. The molecule has 2 N–H and O–H groups in total. The number of cyclic esters (lactones) is 1. The lowest BCUT2D eigenvalue weighted by Crippen LogP contribution is -2.58. The molecular weight excluding hydrogens is 300 g/mol. The van der Waals surface area contributed by atoms with Crippen LogP contribution >= 0.6 is 0 Å². The molecule has 4 rings (SSSR count). The van der Waals surface area contributed by atoms with Gasteiger partial charge in [-0.05, 0) is 31.6 Å². The molecule has 0 amide bonds. The van der Waals surface area contributed by atoms with Crippen LogP contribution in [0.5, 0.6) is 0 Å². The summed E-state index contributed by atoms with van der Waals surface area (Å²) in [5, 5.41) is 20.5. The molecule has 0 radical (unpaired) electrons. The molecule has 3 aliphatic heterocycles. The predicted molar refractivity (Wildman–Crippen MR) is 79.3 cm³/mol. The highest BCUT2D eigenvalue weighted by Crippen LogP contribution is 2.72. The van der Waals surface area contributed by atoms with E-state index in [-0.39, 0.29) is 30.5 Å². The van der Waals surface area contributed by atoms with Crippen LogP contribution in [0.25, 0.3) is 0 Å². The van der Waals surface area contributed by atoms with Crippen LogP contribution in [-0.4, -0.2) is 54.0 Å². The third-order valence-corrected chi connectivity index (χ3v) is 7.22. The van der Waals surface area contributed by atoms with E-state index in [0.29, 0.717) is 38.9 Å². The van der Waals surface area contributed by atoms with E-state index in [1.165, 1.54) is 0 Å². The summed E-state index contributed by atoms with van der Waals surface area (Å²) in [6.07, 6.45) is 1.32. The number of aliphatic hydroxyl groups excluding tert-OH is 2. The number of ether oxygens (including phenoxy) is 3. The lowest BCUT2D eigenvalue weighted by molar-refractivity contribution is -0.207. The van der Waals surface area contributed by atoms with Crippen LogP contribution in [0.2, 0.25) is 0 Å². The van der Waals surface area contributed by atoms with Crippen LogP contribution in [0.4, 0.5) is 0 Å². The van der Waals surface area contributed by atoms with Crippen LogP contribution in [-0.2, 0) is 19.0 Å². The number of esters is 1. The number of rotatable bonds is 2. The largest absolute Gasteiger partial charge is 0.464 e. The van der Waals surface area contributed by atoms with Gasteiger partial charge in [0.1, 0.15) is 0 Å². The first kappa shape index (κ1) is 15.8. The first-order chi connectivity index (χ1) is 10.9. The molecular formula is C17H26O6. The van der Waals surface area contributed by atoms with Gasteiger partial charge in [-0.1, -0.05) is 13.8 Å². The maximum atomic E-state index is 13.0. The molecule has 6 heteroatoms. The van der Waals surface area contributed by atoms with Crippen molar-refractivity contribution in [3.63, 3.8) is 0 Å². The van der Waals surface area contributed by atoms with E-state index >= 15 is 0 Å². The van der Waals surface area contributed by atoms with Crippen molar-refractivity contribution in [3.8, 4) is 0 Å². The summed E-state index contributed by atoms with van der Waals surface area (Å²) in [4.78, 5) is 13.0. The molecule has 4 fully saturated rings. The Morgan fingerprint density at radius 2 is 2.17 bits per heavy atom. The number of carbonyl (C=O) groups is 1. The molecule has 4 aliphatic rings. The van der Waals surface area contributed by atoms with Crippen molar-refractivity contribution in [1.82, 2.24) is 0 Å². The zero-order chi connectivity index (χ0) is 16.5. The number of hydrogen-bond acceptors (Lipinski definition) is 6. The third-order valence-electron chi connectivity index (χ3n) is 7.22. The minimum atomic E-state index is -1.16. The Balaban J connectivity index is 1.91. The van der Waals surface area contributed by atoms with Crippen molar-refractivity contribution in [2.75, 3.05) is 19.8 Å². The second-order valence-electron chi connectivity index (χ2n) is 7.99. The first-order valence-electron chi connectivity index (χ1n) is 8.68. The molecule has 6 unspecified atom stereocenters. The summed E-state index contributed by atoms with van der Waals surface area (Å²) in [5.41, 5.74) is -2.39. The summed E-state index contributed by atoms with van der Waals surface area (Å²) < 4.78 is 17.6. The van der Waals surface area contributed by atoms with Crippen molar-refractivity contribution < 1.29 is 29.2 Å². The van der Waals surface area contributed by atoms with Crippen molar-refractivity contribution in [2.24, 2.45) is 22.7 Å². The second kappa shape index (κ2) is 4.91. The van der Waals surface area contributed by atoms with Gasteiger partial charge >= 0.3 is 5.97 Å². The molecule has 3 heterocycles. The van der Waals surface area contributed by atoms with Gasteiger partial charge in [0.15, 0.2) is 11.9 Å². The zero-order valence-corrected chi connectivity index (χ0v) is 13.8. The van der Waals surface area contributed by atoms with E-state index in [1.54, 1.807) is 0 Å². The predicted octanol–water partition coefficient (Wildman–Crippen LogP) is 0.841. The topological polar surface area (TPSA) is 85.2 Å². The average molecular weight is 326 g/mol. The smallest absolute Gasteiger partial charge is 0.339 e. The fourth-order valence-corrected chi connectivity index (χ4v) is 6.15. The average Bonchev–Trinajstić information content (AvgIpc) is 3.04. The highest BCUT2D eigenvalue weighted by atomic mass is 16.7. The number of hydrogen-bond donors (Lipinski definition) is 2. The molecule has 6 nitrogen and oxygen atoms in total. The normalized spacial score (nSPS) is 55.0. The lowest BCUT2D eigenvalue weighted by Gasteiger charge is -2.48. The Bertz CT molecular complexity index is 523. The van der Waals surface area contributed by atoms with Crippen LogP contribution in [0.1, 0.15) is 39.5 Å². The lowest BCUT2D eigenvalue weighted by atomic mass is 9.54. The molecule has 7 atom stereocenters. The summed E-state index contributed by atoms with van der Waals surface area (Å²) in [6.45, 7) is 5.01. The van der Waals surface area contributed by atoms with Gasteiger partial charge in [0.2, 0.25) is 0 Å². The van der Waals surface area contributed by atoms with Crippen LogP contribution in [0, 0.1) is 22.7 Å². The van der Waals surface area contributed by atoms with Crippen LogP contribution in [0.3, 0.4) is 0 Å². The molecule has 1 saturated carbocycles. The maximum Gasteiger partial charge on any atom is 0.339 e. The third kappa shape index (κ3) is 1.61. The minimum Gasteiger partial charge on any atom is -0.464 e. The maximum absolute atomic E-state index is 13.0. The molecule has 23 heavy (non-hydrogen) atoms. The Morgan fingerprint density at radius 3 is 2.91 bits per heavy atom. The second-order valence-corrected chi connectivity index (χ2v) is 7.99. The van der Waals surface area contributed by atoms with Gasteiger partial charge in [0, 0.05) is 30.0 Å². The van der Waals surface area contributed by atoms with Crippen LogP contribution in [0.15, 0.2) is 0 Å². The zero-order valence-electron chi connectivity index (χ0n) is 13.8. The molecule has 0 aromatic carbocycles. The van der Waals surface area contributed by atoms with E-state index < -0.39 is 22.7 Å². The quantitative estimate of drug-likeness (QED) is 0.732. The van der Waals surface area contributed by atoms with E-state index in [4.69, 9.17) is 14.2 Å². The van der Waals surface area contributed by atoms with Crippen LogP contribution < -0.4 is 0 Å². The van der Waals surface area contributed by atoms with Crippen molar-refractivity contribution >= 4 is 5.97 Å². The summed E-state index contributed by atoms with van der Waals surface area (Å²) >= 11 is 0. The van der Waals surface area contributed by atoms with Gasteiger partial charge in [-0.2, -0.15) is 0 Å². The SMILES string of the molecule is C[C@@H]1COC2CC3(C)C4(CCO)CCCOC(=O)C3(OC4O)C21. The standard InChI is InChI=1S/C17H26O6/c1-10-9-22-11-8-15(2)16(5-6-18)4-3-7-21-14(20)17(15,12(10)11)23-13(16)19/h10-13,18-19H,3-9H2,1-2H3/t10-,11?,12?,13?,15?,16?,17?/m1/s1. The molecule has 0 aromatic rings. The summed E-state index contributed by atoms with van der Waals surface area (Å²) in [5.74, 6) is -0.289. The monoisotopic (exact) mass is 326 g/mol. The Hall–Kier alpha value is -0.690. The Kier molecular flexibility index (Phi) is 3.38. The van der Waals surface area contributed by atoms with Gasteiger partial charge < -0.3 is 24.4 Å². The van der Waals surface area contributed by atoms with Gasteiger partial charge in [0.25, 0.3) is 0 Å². The van der Waals surface area contributed by atoms with E-state index in [9.17, 15) is 15.0 Å². The number of carbonyl (C=O) groups excluding carboxylic acids is 1. The van der Waals surface area contributed by atoms with Gasteiger partial charge in [0.05, 0.1) is 12.7 Å². The molecule has 130 valence electrons. The molecule has 3 saturated heterocycles. The van der Waals surface area contributed by atoms with E-state index in [1.807, 2.05) is 6.92 Å². The van der Waals surface area contributed by atoms with Crippen molar-refractivity contribution in [1.29, 1.82) is 0 Å². The highest BCUT2D eigenvalue weighted by molar-refractivity contribution is 5.83. The molecule has 0 aromatic heterocycles. The number of aliphatic hydroxyl groups is 2. The Morgan fingerprint density at radius 1 is 1.39 bits per heavy atom. The van der Waals surface area contributed by atoms with E-state index in [2.05, 4.69) is 6.92 Å². The van der Waals surface area contributed by atoms with E-state index in [0.717, 1.165) is 0 Å². The van der Waals surface area contributed by atoms with Gasteiger partial charge in [-0.25, -0.2) is 4.79 Å². The van der Waals surface area contributed by atoms with Gasteiger partial charge in [-0.15, -0.1) is 0 Å². The fourth-order valence-electron chi connectivity index (χ4n) is 6.15. The Labute approximate surface area is 136 Å². The van der Waals surface area contributed by atoms with Crippen molar-refractivity contribution in [2.45, 2.75) is 57.5 Å². The highest BCUT2D eigenvalue weighted by Gasteiger charge is 2.82. The summed E-state index contributed by atoms with van der Waals surface area (Å²) in [6, 6.07) is 0. The first-order valence-corrected chi connectivity index (χ1v) is 8.68. The number of fused-ring (bicyclic) bond motifs is 1. The van der Waals surface area contributed by atoms with Gasteiger partial charge in [-0.3, -0.25) is 0 Å². The fraction of sp³-hybridized carbons (Fsp3) is 0.941. The van der Waals surface area contributed by atoms with Crippen molar-refractivity contribution in [3.05, 3.63) is 0 Å². The molecule has 0 spiro atoms.